The number of hydrogen-bond donors (Lipinski definition) is 6. The fourth-order valence-electron chi connectivity index (χ4n) is 7.21. The predicted octanol–water partition coefficient (Wildman–Crippen LogP) is 11.4. The van der Waals surface area contributed by atoms with Gasteiger partial charge >= 0.3 is 0 Å². The Balaban J connectivity index is 0.000000398. The zero-order valence-electron chi connectivity index (χ0n) is 48.8. The Labute approximate surface area is 496 Å². The number of carbonyl (C=O) groups is 1. The highest BCUT2D eigenvalue weighted by Gasteiger charge is 2.13. The molecular weight excluding hydrogens is 1110 g/mol. The SMILES string of the molecule is CC.CCOc1ccccc1OCCNC(C)Cc1ccc(OC)c(SOON)c1.CCOc1ccccc1OCCNC(C)Cc1ccc(OC)c(SOON)c1.COc1ccc(CC(C)=O)cc1SOON.Cc1ccccc1O. The van der Waals surface area contributed by atoms with Crippen LogP contribution in [0.2, 0.25) is 0 Å². The van der Waals surface area contributed by atoms with E-state index in [1.165, 1.54) is 6.92 Å². The standard InChI is InChI=1S/2C20H28N2O5S.C10H13NO4S.C7H8O.C2H6/c2*1-4-24-17-7-5-6-8-18(17)25-12-11-22-15(2)13-16-9-10-19(23-3)20(14-16)28-27-26-21;1-7(12)5-8-3-4-9(13-2)10(6-8)16-15-14-11;1-6-4-2-3-5-7(6)8;1-2/h2*5-10,14-15,22H,4,11-13,21H2,1-3H3;3-4,6H,5,11H2,1-2H3;2-5,8H,1H3;1-2H3. The van der Waals surface area contributed by atoms with E-state index in [0.29, 0.717) is 60.7 Å². The average Bonchev–Trinajstić information content (AvgIpc) is 3.63. The molecule has 6 aromatic carbocycles. The van der Waals surface area contributed by atoms with E-state index in [2.05, 4.69) is 43.8 Å². The summed E-state index contributed by atoms with van der Waals surface area (Å²) >= 11 is 2.95. The lowest BCUT2D eigenvalue weighted by Gasteiger charge is -2.16. The molecule has 0 radical (unpaired) electrons. The molecular formula is C59H83N5O15S3. The molecule has 6 aromatic rings. The van der Waals surface area contributed by atoms with Crippen molar-refractivity contribution in [2.24, 2.45) is 17.7 Å². The Bertz CT molecular complexity index is 2520. The normalized spacial score (nSPS) is 11.0. The van der Waals surface area contributed by atoms with Crippen LogP contribution in [0.25, 0.3) is 0 Å². The van der Waals surface area contributed by atoms with Crippen molar-refractivity contribution in [3.63, 3.8) is 0 Å². The van der Waals surface area contributed by atoms with Crippen LogP contribution in [0, 0.1) is 6.92 Å². The fraction of sp³-hybridized carbons (Fsp3) is 0.373. The first-order valence-corrected chi connectivity index (χ1v) is 28.6. The molecule has 452 valence electrons. The molecule has 0 aliphatic rings. The van der Waals surface area contributed by atoms with Gasteiger partial charge in [-0.05, 0) is 143 Å². The molecule has 0 aliphatic carbocycles. The van der Waals surface area contributed by atoms with Gasteiger partial charge < -0.3 is 48.9 Å². The number of Topliss-reactive ketones (excluding diaryl/α,β-unsaturated/α-hetero) is 1. The van der Waals surface area contributed by atoms with E-state index in [9.17, 15) is 4.79 Å². The Morgan fingerprint density at radius 2 is 0.854 bits per heavy atom. The van der Waals surface area contributed by atoms with Crippen LogP contribution in [-0.2, 0) is 52.0 Å². The maximum absolute atomic E-state index is 11.0. The zero-order chi connectivity index (χ0) is 60.3. The minimum absolute atomic E-state index is 0.0945. The van der Waals surface area contributed by atoms with Crippen LogP contribution in [-0.4, -0.2) is 83.8 Å². The van der Waals surface area contributed by atoms with Crippen molar-refractivity contribution in [1.29, 1.82) is 0 Å². The second-order valence-electron chi connectivity index (χ2n) is 16.9. The Morgan fingerprint density at radius 1 is 0.512 bits per heavy atom. The van der Waals surface area contributed by atoms with Crippen molar-refractivity contribution >= 4 is 41.9 Å². The third kappa shape index (κ3) is 29.3. The van der Waals surface area contributed by atoms with Crippen molar-refractivity contribution in [2.45, 2.75) is 101 Å². The molecule has 0 aliphatic heterocycles. The van der Waals surface area contributed by atoms with Crippen LogP contribution < -0.4 is 61.5 Å². The molecule has 6 rings (SSSR count). The molecule has 9 N–H and O–H groups in total. The van der Waals surface area contributed by atoms with Gasteiger partial charge in [-0.2, -0.15) is 17.7 Å². The first-order valence-electron chi connectivity index (χ1n) is 26.3. The van der Waals surface area contributed by atoms with E-state index < -0.39 is 0 Å². The number of para-hydroxylation sites is 5. The third-order valence-electron chi connectivity index (χ3n) is 10.8. The molecule has 23 heteroatoms. The van der Waals surface area contributed by atoms with Crippen LogP contribution >= 0.6 is 36.1 Å². The largest absolute Gasteiger partial charge is 0.508 e. The molecule has 0 fully saturated rings. The van der Waals surface area contributed by atoms with Crippen LogP contribution in [0.4, 0.5) is 0 Å². The first-order chi connectivity index (χ1) is 39.8. The summed E-state index contributed by atoms with van der Waals surface area (Å²) in [5, 5.41) is 15.8. The monoisotopic (exact) mass is 1200 g/mol. The first kappa shape index (κ1) is 72.1. The number of ketones is 1. The number of nitrogens with one attached hydrogen (secondary N) is 2. The molecule has 20 nitrogen and oxygen atoms in total. The van der Waals surface area contributed by atoms with Gasteiger partial charge in [0.25, 0.3) is 0 Å². The predicted molar refractivity (Wildman–Crippen MR) is 323 cm³/mol. The molecule has 2 unspecified atom stereocenters. The van der Waals surface area contributed by atoms with Gasteiger partial charge in [-0.3, -0.25) is 4.79 Å². The van der Waals surface area contributed by atoms with Crippen molar-refractivity contribution in [3.8, 4) is 46.0 Å². The molecule has 0 spiro atoms. The molecule has 0 saturated carbocycles. The summed E-state index contributed by atoms with van der Waals surface area (Å²) in [7, 11) is 4.76. The summed E-state index contributed by atoms with van der Waals surface area (Å²) in [6, 6.07) is 40.4. The summed E-state index contributed by atoms with van der Waals surface area (Å²) in [4.78, 5) is 25.6. The van der Waals surface area contributed by atoms with E-state index in [4.69, 9.17) is 64.6 Å². The number of methoxy groups -OCH3 is 3. The second-order valence-corrected chi connectivity index (χ2v) is 19.2. The number of aryl methyl sites for hydroxylation is 1. The molecule has 0 aromatic heterocycles. The van der Waals surface area contributed by atoms with Crippen LogP contribution in [0.3, 0.4) is 0 Å². The number of carbonyl (C=O) groups excluding carboxylic acids is 1. The summed E-state index contributed by atoms with van der Waals surface area (Å²) < 4.78 is 52.6. The number of rotatable bonds is 32. The molecule has 0 saturated heterocycles. The number of aromatic hydroxyl groups is 1. The van der Waals surface area contributed by atoms with Crippen molar-refractivity contribution in [2.75, 3.05) is 60.8 Å². The molecule has 0 amide bonds. The summed E-state index contributed by atoms with van der Waals surface area (Å²) in [6.45, 7) is 19.4. The zero-order valence-corrected chi connectivity index (χ0v) is 51.2. The number of benzene rings is 6. The number of nitrogens with two attached hydrogens (primary N) is 3. The lowest BCUT2D eigenvalue weighted by atomic mass is 10.1. The number of phenols is 1. The summed E-state index contributed by atoms with van der Waals surface area (Å²) in [5.41, 5.74) is 4.10. The Hall–Kier alpha value is -6.00. The lowest BCUT2D eigenvalue weighted by molar-refractivity contribution is -0.195. The number of phenolic OH excluding ortho intramolecular Hbond substituents is 1. The van der Waals surface area contributed by atoms with Crippen molar-refractivity contribution in [3.05, 3.63) is 150 Å². The van der Waals surface area contributed by atoms with Gasteiger partial charge in [-0.25, -0.2) is 0 Å². The van der Waals surface area contributed by atoms with Gasteiger partial charge in [0.15, 0.2) is 23.0 Å². The van der Waals surface area contributed by atoms with E-state index in [1.807, 2.05) is 144 Å². The summed E-state index contributed by atoms with van der Waals surface area (Å²) in [6.07, 6.45) is 2.06. The lowest BCUT2D eigenvalue weighted by Crippen LogP contribution is -2.31. The smallest absolute Gasteiger partial charge is 0.161 e. The van der Waals surface area contributed by atoms with Gasteiger partial charge in [0, 0.05) is 31.6 Å². The second kappa shape index (κ2) is 44.6. The highest BCUT2D eigenvalue weighted by molar-refractivity contribution is 7.95. The van der Waals surface area contributed by atoms with Gasteiger partial charge in [0.2, 0.25) is 0 Å². The highest BCUT2D eigenvalue weighted by atomic mass is 32.2. The maximum atomic E-state index is 11.0. The minimum atomic E-state index is 0.0945. The Kier molecular flexibility index (Phi) is 39.2. The van der Waals surface area contributed by atoms with E-state index in [0.717, 1.165) is 117 Å². The maximum Gasteiger partial charge on any atom is 0.161 e. The minimum Gasteiger partial charge on any atom is -0.508 e. The summed E-state index contributed by atoms with van der Waals surface area (Å²) in [5.74, 6) is 20.1. The van der Waals surface area contributed by atoms with Crippen LogP contribution in [0.5, 0.6) is 46.0 Å². The van der Waals surface area contributed by atoms with Crippen molar-refractivity contribution in [1.82, 2.24) is 10.6 Å². The van der Waals surface area contributed by atoms with Gasteiger partial charge in [-0.15, -0.1) is 28.0 Å². The molecule has 82 heavy (non-hydrogen) atoms. The van der Waals surface area contributed by atoms with Gasteiger partial charge in [-0.1, -0.05) is 74.5 Å². The average molecular weight is 1200 g/mol. The fourth-order valence-corrected chi connectivity index (χ4v) is 8.85. The molecule has 0 heterocycles. The number of hydrogen-bond acceptors (Lipinski definition) is 23. The van der Waals surface area contributed by atoms with E-state index in [-0.39, 0.29) is 17.9 Å². The van der Waals surface area contributed by atoms with Crippen molar-refractivity contribution < 1.29 is 71.0 Å². The quantitative estimate of drug-likeness (QED) is 0.00992. The highest BCUT2D eigenvalue weighted by Crippen LogP contribution is 2.34. The Morgan fingerprint density at radius 3 is 1.17 bits per heavy atom. The third-order valence-corrected chi connectivity index (χ3v) is 12.8. The van der Waals surface area contributed by atoms with E-state index >= 15 is 0 Å². The van der Waals surface area contributed by atoms with Crippen LogP contribution in [0.15, 0.2) is 142 Å². The molecule has 0 bridgehead atoms. The van der Waals surface area contributed by atoms with E-state index in [1.54, 1.807) is 39.5 Å². The topological polar surface area (TPSA) is 259 Å². The van der Waals surface area contributed by atoms with Gasteiger partial charge in [0.1, 0.15) is 42.0 Å². The number of ether oxygens (including phenoxy) is 7. The molecule has 2 atom stereocenters. The van der Waals surface area contributed by atoms with Crippen LogP contribution in [0.1, 0.15) is 70.7 Å². The van der Waals surface area contributed by atoms with Gasteiger partial charge in [0.05, 0.1) is 85.4 Å².